The Labute approximate surface area is 131 Å². The summed E-state index contributed by atoms with van der Waals surface area (Å²) < 4.78 is 5.94. The standard InChI is InChI=1S/C17H21ClN2O/c1-11(2)13-6-5-12(3)16(7-13)21-17-8-14(9-19-4)15(18)10-20-17/h5-8,10-11,19H,9H2,1-4H3. The van der Waals surface area contributed by atoms with Gasteiger partial charge < -0.3 is 10.1 Å². The van der Waals surface area contributed by atoms with Crippen LogP contribution < -0.4 is 10.1 Å². The third kappa shape index (κ3) is 3.96. The van der Waals surface area contributed by atoms with Crippen LogP contribution in [0.3, 0.4) is 0 Å². The monoisotopic (exact) mass is 304 g/mol. The minimum atomic E-state index is 0.464. The highest BCUT2D eigenvalue weighted by Crippen LogP contribution is 2.29. The van der Waals surface area contributed by atoms with Gasteiger partial charge in [0.15, 0.2) is 0 Å². The SMILES string of the molecule is CNCc1cc(Oc2cc(C(C)C)ccc2C)ncc1Cl. The third-order valence-electron chi connectivity index (χ3n) is 3.37. The topological polar surface area (TPSA) is 34.1 Å². The van der Waals surface area contributed by atoms with Crippen LogP contribution in [0.2, 0.25) is 5.02 Å². The molecule has 4 heteroatoms. The number of nitrogens with zero attached hydrogens (tertiary/aromatic N) is 1. The molecule has 3 nitrogen and oxygen atoms in total. The Morgan fingerprint density at radius 2 is 2.05 bits per heavy atom. The molecule has 1 aromatic heterocycles. The summed E-state index contributed by atoms with van der Waals surface area (Å²) >= 11 is 6.12. The molecule has 0 spiro atoms. The fourth-order valence-corrected chi connectivity index (χ4v) is 2.21. The number of ether oxygens (including phenoxy) is 1. The average Bonchev–Trinajstić information content (AvgIpc) is 2.45. The normalized spacial score (nSPS) is 11.0. The molecule has 0 radical (unpaired) electrons. The Bertz CT molecular complexity index is 626. The first-order chi connectivity index (χ1) is 10.0. The summed E-state index contributed by atoms with van der Waals surface area (Å²) in [4.78, 5) is 4.25. The predicted octanol–water partition coefficient (Wildman–Crippen LogP) is 4.68. The molecule has 2 rings (SSSR count). The summed E-state index contributed by atoms with van der Waals surface area (Å²) in [7, 11) is 1.88. The number of aromatic nitrogens is 1. The van der Waals surface area contributed by atoms with Gasteiger partial charge >= 0.3 is 0 Å². The van der Waals surface area contributed by atoms with E-state index in [1.54, 1.807) is 6.20 Å². The van der Waals surface area contributed by atoms with Crippen LogP contribution in [0, 0.1) is 6.92 Å². The van der Waals surface area contributed by atoms with Crippen LogP contribution in [0.4, 0.5) is 0 Å². The molecule has 1 heterocycles. The van der Waals surface area contributed by atoms with E-state index in [0.29, 0.717) is 23.4 Å². The van der Waals surface area contributed by atoms with E-state index in [4.69, 9.17) is 16.3 Å². The smallest absolute Gasteiger partial charge is 0.219 e. The first-order valence-corrected chi connectivity index (χ1v) is 7.46. The number of hydrogen-bond donors (Lipinski definition) is 1. The van der Waals surface area contributed by atoms with Gasteiger partial charge in [0.1, 0.15) is 5.75 Å². The van der Waals surface area contributed by atoms with Gasteiger partial charge in [-0.3, -0.25) is 0 Å². The summed E-state index contributed by atoms with van der Waals surface area (Å²) in [5, 5.41) is 3.73. The summed E-state index contributed by atoms with van der Waals surface area (Å²) in [6.07, 6.45) is 1.63. The molecule has 0 saturated heterocycles. The lowest BCUT2D eigenvalue weighted by Gasteiger charge is -2.13. The molecule has 1 N–H and O–H groups in total. The first kappa shape index (κ1) is 15.8. The molecule has 0 saturated carbocycles. The summed E-state index contributed by atoms with van der Waals surface area (Å²) in [5.41, 5.74) is 3.31. The van der Waals surface area contributed by atoms with E-state index in [0.717, 1.165) is 16.9 Å². The van der Waals surface area contributed by atoms with Crippen molar-refractivity contribution < 1.29 is 4.74 Å². The second-order valence-corrected chi connectivity index (χ2v) is 5.83. The fourth-order valence-electron chi connectivity index (χ4n) is 2.04. The highest BCUT2D eigenvalue weighted by molar-refractivity contribution is 6.31. The van der Waals surface area contributed by atoms with Crippen molar-refractivity contribution in [3.05, 3.63) is 52.2 Å². The molecule has 0 atom stereocenters. The summed E-state index contributed by atoms with van der Waals surface area (Å²) in [6.45, 7) is 7.05. The van der Waals surface area contributed by atoms with Gasteiger partial charge in [-0.2, -0.15) is 0 Å². The lowest BCUT2D eigenvalue weighted by Crippen LogP contribution is -2.06. The minimum absolute atomic E-state index is 0.464. The van der Waals surface area contributed by atoms with E-state index in [2.05, 4.69) is 42.3 Å². The number of aryl methyl sites for hydroxylation is 1. The van der Waals surface area contributed by atoms with Crippen molar-refractivity contribution in [1.29, 1.82) is 0 Å². The Morgan fingerprint density at radius 1 is 1.29 bits per heavy atom. The number of benzene rings is 1. The molecule has 112 valence electrons. The van der Waals surface area contributed by atoms with Gasteiger partial charge in [-0.05, 0) is 42.6 Å². The van der Waals surface area contributed by atoms with E-state index in [9.17, 15) is 0 Å². The van der Waals surface area contributed by atoms with E-state index < -0.39 is 0 Å². The molecule has 0 unspecified atom stereocenters. The zero-order chi connectivity index (χ0) is 15.4. The van der Waals surface area contributed by atoms with Crippen LogP contribution in [-0.2, 0) is 6.54 Å². The minimum Gasteiger partial charge on any atom is -0.439 e. The van der Waals surface area contributed by atoms with Gasteiger partial charge in [0.2, 0.25) is 5.88 Å². The Balaban J connectivity index is 2.29. The average molecular weight is 305 g/mol. The van der Waals surface area contributed by atoms with Crippen molar-refractivity contribution in [1.82, 2.24) is 10.3 Å². The summed E-state index contributed by atoms with van der Waals surface area (Å²) in [5.74, 6) is 1.87. The number of hydrogen-bond acceptors (Lipinski definition) is 3. The molecule has 21 heavy (non-hydrogen) atoms. The lowest BCUT2D eigenvalue weighted by atomic mass is 10.0. The van der Waals surface area contributed by atoms with Crippen LogP contribution in [0.25, 0.3) is 0 Å². The third-order valence-corrected chi connectivity index (χ3v) is 3.71. The van der Waals surface area contributed by atoms with Crippen LogP contribution in [0.5, 0.6) is 11.6 Å². The summed E-state index contributed by atoms with van der Waals surface area (Å²) in [6, 6.07) is 8.16. The van der Waals surface area contributed by atoms with Gasteiger partial charge in [0.25, 0.3) is 0 Å². The van der Waals surface area contributed by atoms with Gasteiger partial charge in [-0.15, -0.1) is 0 Å². The Kier molecular flexibility index (Phi) is 5.21. The van der Waals surface area contributed by atoms with Crippen molar-refractivity contribution in [2.24, 2.45) is 0 Å². The molecule has 2 aromatic rings. The second-order valence-electron chi connectivity index (χ2n) is 5.43. The second kappa shape index (κ2) is 6.92. The van der Waals surface area contributed by atoms with E-state index in [-0.39, 0.29) is 0 Å². The van der Waals surface area contributed by atoms with Crippen molar-refractivity contribution in [3.8, 4) is 11.6 Å². The van der Waals surface area contributed by atoms with Gasteiger partial charge in [-0.1, -0.05) is 37.6 Å². The van der Waals surface area contributed by atoms with Crippen molar-refractivity contribution in [2.75, 3.05) is 7.05 Å². The Hall–Kier alpha value is -1.58. The number of pyridine rings is 1. The van der Waals surface area contributed by atoms with Gasteiger partial charge in [-0.25, -0.2) is 4.98 Å². The molecule has 1 aromatic carbocycles. The van der Waals surface area contributed by atoms with E-state index in [1.807, 2.05) is 20.0 Å². The van der Waals surface area contributed by atoms with Gasteiger partial charge in [0.05, 0.1) is 5.02 Å². The molecule has 0 bridgehead atoms. The first-order valence-electron chi connectivity index (χ1n) is 7.08. The molecule has 0 aliphatic carbocycles. The van der Waals surface area contributed by atoms with E-state index >= 15 is 0 Å². The fraction of sp³-hybridized carbons (Fsp3) is 0.353. The quantitative estimate of drug-likeness (QED) is 0.871. The molecular formula is C17H21ClN2O. The zero-order valence-electron chi connectivity index (χ0n) is 12.9. The highest BCUT2D eigenvalue weighted by atomic mass is 35.5. The van der Waals surface area contributed by atoms with E-state index in [1.165, 1.54) is 5.56 Å². The number of rotatable bonds is 5. The zero-order valence-corrected chi connectivity index (χ0v) is 13.7. The van der Waals surface area contributed by atoms with Crippen LogP contribution in [0.1, 0.15) is 36.5 Å². The van der Waals surface area contributed by atoms with Crippen LogP contribution in [0.15, 0.2) is 30.5 Å². The maximum atomic E-state index is 6.12. The number of halogens is 1. The van der Waals surface area contributed by atoms with Crippen molar-refractivity contribution in [3.63, 3.8) is 0 Å². The lowest BCUT2D eigenvalue weighted by molar-refractivity contribution is 0.457. The Morgan fingerprint density at radius 3 is 2.71 bits per heavy atom. The molecule has 0 aliphatic heterocycles. The highest BCUT2D eigenvalue weighted by Gasteiger charge is 2.08. The molecular weight excluding hydrogens is 284 g/mol. The molecule has 0 fully saturated rings. The molecule has 0 amide bonds. The number of nitrogens with one attached hydrogen (secondary N) is 1. The van der Waals surface area contributed by atoms with Crippen LogP contribution >= 0.6 is 11.6 Å². The maximum absolute atomic E-state index is 6.12. The predicted molar refractivity (Wildman–Crippen MR) is 87.4 cm³/mol. The van der Waals surface area contributed by atoms with Crippen LogP contribution in [-0.4, -0.2) is 12.0 Å². The largest absolute Gasteiger partial charge is 0.439 e. The maximum Gasteiger partial charge on any atom is 0.219 e. The van der Waals surface area contributed by atoms with Crippen molar-refractivity contribution >= 4 is 11.6 Å². The van der Waals surface area contributed by atoms with Gasteiger partial charge in [0, 0.05) is 18.8 Å². The molecule has 0 aliphatic rings. The van der Waals surface area contributed by atoms with Crippen molar-refractivity contribution in [2.45, 2.75) is 33.2 Å².